The predicted octanol–water partition coefficient (Wildman–Crippen LogP) is -1.17. The number of rotatable bonds is 4. The molecule has 96 valence electrons. The van der Waals surface area contributed by atoms with Gasteiger partial charge in [-0.2, -0.15) is 16.8 Å². The highest BCUT2D eigenvalue weighted by Crippen LogP contribution is 2.27. The summed E-state index contributed by atoms with van der Waals surface area (Å²) in [7, 11) is -7.35. The van der Waals surface area contributed by atoms with Gasteiger partial charge in [-0.25, -0.2) is 0 Å². The summed E-state index contributed by atoms with van der Waals surface area (Å²) >= 11 is 0. The molecule has 0 spiro atoms. The lowest BCUT2D eigenvalue weighted by Gasteiger charge is -2.17. The molecule has 0 aromatic carbocycles. The van der Waals surface area contributed by atoms with Crippen LogP contribution in [-0.2, 0) is 28.6 Å². The molecule has 0 aliphatic heterocycles. The van der Waals surface area contributed by atoms with E-state index in [-0.39, 0.29) is 12.8 Å². The second kappa shape index (κ2) is 4.57. The number of hydrogen-bond donors (Lipinski definition) is 1. The molecule has 0 radical (unpaired) electrons. The van der Waals surface area contributed by atoms with Crippen LogP contribution in [0.5, 0.6) is 0 Å². The van der Waals surface area contributed by atoms with E-state index in [1.165, 1.54) is 0 Å². The van der Waals surface area contributed by atoms with Crippen LogP contribution in [0.4, 0.5) is 0 Å². The van der Waals surface area contributed by atoms with Crippen molar-refractivity contribution in [1.29, 1.82) is 0 Å². The Morgan fingerprint density at radius 3 is 1.50 bits per heavy atom. The minimum absolute atomic E-state index is 0.231. The summed E-state index contributed by atoms with van der Waals surface area (Å²) in [5.74, 6) is 0. The van der Waals surface area contributed by atoms with Gasteiger partial charge in [-0.3, -0.25) is 8.37 Å². The van der Waals surface area contributed by atoms with Crippen molar-refractivity contribution >= 4 is 20.2 Å². The third-order valence-corrected chi connectivity index (χ3v) is 3.29. The summed E-state index contributed by atoms with van der Waals surface area (Å²) in [5, 5.41) is 9.60. The number of aliphatic hydroxyl groups is 1. The van der Waals surface area contributed by atoms with Gasteiger partial charge in [0.15, 0.2) is 0 Å². The number of hydrogen-bond acceptors (Lipinski definition) is 7. The molecule has 0 aromatic heterocycles. The maximum absolute atomic E-state index is 10.8. The third kappa shape index (κ3) is 4.34. The van der Waals surface area contributed by atoms with Crippen molar-refractivity contribution in [2.45, 2.75) is 31.2 Å². The first-order valence-corrected chi connectivity index (χ1v) is 8.16. The highest BCUT2D eigenvalue weighted by molar-refractivity contribution is 7.86. The fourth-order valence-electron chi connectivity index (χ4n) is 1.57. The Balaban J connectivity index is 2.64. The molecule has 0 heterocycles. The largest absolute Gasteiger partial charge is 0.388 e. The van der Waals surface area contributed by atoms with E-state index in [1.807, 2.05) is 0 Å². The van der Waals surface area contributed by atoms with E-state index in [1.54, 1.807) is 0 Å². The Morgan fingerprint density at radius 2 is 1.25 bits per heavy atom. The summed E-state index contributed by atoms with van der Waals surface area (Å²) in [6, 6.07) is 0. The van der Waals surface area contributed by atoms with Crippen molar-refractivity contribution in [3.63, 3.8) is 0 Å². The fourth-order valence-corrected chi connectivity index (χ4v) is 2.89. The van der Waals surface area contributed by atoms with Crippen LogP contribution in [0.2, 0.25) is 0 Å². The van der Waals surface area contributed by atoms with E-state index >= 15 is 0 Å². The molecule has 0 amide bonds. The van der Waals surface area contributed by atoms with E-state index in [9.17, 15) is 21.9 Å². The quantitative estimate of drug-likeness (QED) is 0.644. The molecule has 1 fully saturated rings. The zero-order chi connectivity index (χ0) is 12.6. The first kappa shape index (κ1) is 13.8. The average molecular weight is 274 g/mol. The Kier molecular flexibility index (Phi) is 3.95. The van der Waals surface area contributed by atoms with Crippen LogP contribution < -0.4 is 0 Å². The SMILES string of the molecule is CS(=O)(=O)OC1CCC(OS(C)(=O)=O)C1O. The van der Waals surface area contributed by atoms with Crippen molar-refractivity contribution in [3.05, 3.63) is 0 Å². The van der Waals surface area contributed by atoms with Crippen LogP contribution in [-0.4, -0.2) is 52.8 Å². The van der Waals surface area contributed by atoms with Gasteiger partial charge in [0, 0.05) is 0 Å². The van der Waals surface area contributed by atoms with Gasteiger partial charge in [0.25, 0.3) is 20.2 Å². The number of aliphatic hydroxyl groups excluding tert-OH is 1. The summed E-state index contributed by atoms with van der Waals surface area (Å²) in [4.78, 5) is 0. The van der Waals surface area contributed by atoms with E-state index in [0.717, 1.165) is 12.5 Å². The zero-order valence-electron chi connectivity index (χ0n) is 8.86. The van der Waals surface area contributed by atoms with Crippen LogP contribution in [0, 0.1) is 0 Å². The maximum Gasteiger partial charge on any atom is 0.264 e. The van der Waals surface area contributed by atoms with Gasteiger partial charge in [-0.1, -0.05) is 0 Å². The fraction of sp³-hybridized carbons (Fsp3) is 1.00. The highest BCUT2D eigenvalue weighted by Gasteiger charge is 2.40. The minimum Gasteiger partial charge on any atom is -0.388 e. The van der Waals surface area contributed by atoms with Crippen LogP contribution >= 0.6 is 0 Å². The molecule has 16 heavy (non-hydrogen) atoms. The Hall–Kier alpha value is -0.220. The Labute approximate surface area is 94.6 Å². The average Bonchev–Trinajstić information content (AvgIpc) is 2.30. The van der Waals surface area contributed by atoms with E-state index < -0.39 is 38.5 Å². The van der Waals surface area contributed by atoms with Crippen LogP contribution in [0.1, 0.15) is 12.8 Å². The van der Waals surface area contributed by atoms with Gasteiger partial charge < -0.3 is 5.11 Å². The molecular weight excluding hydrogens is 260 g/mol. The monoisotopic (exact) mass is 274 g/mol. The molecular formula is C7H14O7S2. The smallest absolute Gasteiger partial charge is 0.264 e. The summed E-state index contributed by atoms with van der Waals surface area (Å²) < 4.78 is 52.5. The molecule has 1 saturated carbocycles. The van der Waals surface area contributed by atoms with Crippen LogP contribution in [0.15, 0.2) is 0 Å². The molecule has 0 aromatic rings. The second-order valence-corrected chi connectivity index (χ2v) is 6.95. The van der Waals surface area contributed by atoms with Gasteiger partial charge in [-0.15, -0.1) is 0 Å². The highest BCUT2D eigenvalue weighted by atomic mass is 32.2. The van der Waals surface area contributed by atoms with Crippen molar-refractivity contribution in [1.82, 2.24) is 0 Å². The first-order valence-electron chi connectivity index (χ1n) is 4.53. The van der Waals surface area contributed by atoms with Crippen LogP contribution in [0.3, 0.4) is 0 Å². The second-order valence-electron chi connectivity index (χ2n) is 3.75. The van der Waals surface area contributed by atoms with Gasteiger partial charge >= 0.3 is 0 Å². The normalized spacial score (nSPS) is 31.8. The molecule has 1 N–H and O–H groups in total. The first-order chi connectivity index (χ1) is 7.08. The van der Waals surface area contributed by atoms with Crippen molar-refractivity contribution in [2.24, 2.45) is 0 Å². The predicted molar refractivity (Wildman–Crippen MR) is 54.7 cm³/mol. The molecule has 7 nitrogen and oxygen atoms in total. The lowest BCUT2D eigenvalue weighted by molar-refractivity contribution is 0.00705. The van der Waals surface area contributed by atoms with Crippen molar-refractivity contribution in [2.75, 3.05) is 12.5 Å². The molecule has 9 heteroatoms. The molecule has 1 aliphatic carbocycles. The summed E-state index contributed by atoms with van der Waals surface area (Å²) in [5.41, 5.74) is 0. The van der Waals surface area contributed by atoms with Crippen LogP contribution in [0.25, 0.3) is 0 Å². The van der Waals surface area contributed by atoms with Crippen molar-refractivity contribution < 1.29 is 30.3 Å². The summed E-state index contributed by atoms with van der Waals surface area (Å²) in [6.45, 7) is 0. The van der Waals surface area contributed by atoms with Gasteiger partial charge in [0.05, 0.1) is 12.5 Å². The molecule has 1 rings (SSSR count). The molecule has 2 atom stereocenters. The van der Waals surface area contributed by atoms with Gasteiger partial charge in [-0.05, 0) is 12.8 Å². The molecule has 0 saturated heterocycles. The van der Waals surface area contributed by atoms with E-state index in [2.05, 4.69) is 8.37 Å². The van der Waals surface area contributed by atoms with E-state index in [0.29, 0.717) is 0 Å². The van der Waals surface area contributed by atoms with Gasteiger partial charge in [0.2, 0.25) is 0 Å². The lowest BCUT2D eigenvalue weighted by Crippen LogP contribution is -2.34. The lowest BCUT2D eigenvalue weighted by atomic mass is 10.2. The van der Waals surface area contributed by atoms with Crippen molar-refractivity contribution in [3.8, 4) is 0 Å². The van der Waals surface area contributed by atoms with E-state index in [4.69, 9.17) is 0 Å². The maximum atomic E-state index is 10.8. The minimum atomic E-state index is -3.67. The third-order valence-electron chi connectivity index (χ3n) is 2.09. The Bertz CT molecular complexity index is 395. The Morgan fingerprint density at radius 1 is 0.938 bits per heavy atom. The topological polar surface area (TPSA) is 107 Å². The molecule has 2 unspecified atom stereocenters. The molecule has 1 aliphatic rings. The zero-order valence-corrected chi connectivity index (χ0v) is 10.5. The molecule has 0 bridgehead atoms. The summed E-state index contributed by atoms with van der Waals surface area (Å²) in [6.07, 6.45) is -0.953. The standard InChI is InChI=1S/C7H14O7S2/c1-15(9,10)13-5-3-4-6(7(5)8)14-16(2,11)12/h5-8H,3-4H2,1-2H3. The van der Waals surface area contributed by atoms with Gasteiger partial charge in [0.1, 0.15) is 18.3 Å².